The minimum atomic E-state index is -0.299. The van der Waals surface area contributed by atoms with Crippen LogP contribution >= 0.6 is 0 Å². The van der Waals surface area contributed by atoms with Crippen LogP contribution in [0.5, 0.6) is 11.5 Å². The van der Waals surface area contributed by atoms with E-state index in [0.717, 1.165) is 16.7 Å². The molecule has 2 rings (SSSR count). The van der Waals surface area contributed by atoms with E-state index in [9.17, 15) is 9.90 Å². The maximum absolute atomic E-state index is 11.9. The number of carbonyl (C=O) groups is 1. The molecule has 3 heteroatoms. The maximum Gasteiger partial charge on any atom is 0.315 e. The van der Waals surface area contributed by atoms with Crippen LogP contribution in [0.15, 0.2) is 85.0 Å². The van der Waals surface area contributed by atoms with Crippen LogP contribution in [0.25, 0.3) is 0 Å². The van der Waals surface area contributed by atoms with Crippen molar-refractivity contribution in [2.75, 3.05) is 0 Å². The molecule has 0 amide bonds. The summed E-state index contributed by atoms with van der Waals surface area (Å²) in [7, 11) is 0. The van der Waals surface area contributed by atoms with Crippen LogP contribution in [0, 0.1) is 0 Å². The summed E-state index contributed by atoms with van der Waals surface area (Å²) in [4.78, 5) is 11.9. The molecule has 0 spiro atoms. The van der Waals surface area contributed by atoms with E-state index in [4.69, 9.17) is 4.74 Å². The lowest BCUT2D eigenvalue weighted by Crippen LogP contribution is -2.06. The first-order valence-electron chi connectivity index (χ1n) is 8.55. The number of aromatic hydroxyl groups is 1. The number of benzene rings is 2. The number of hydrogen-bond donors (Lipinski definition) is 1. The van der Waals surface area contributed by atoms with Crippen molar-refractivity contribution in [3.63, 3.8) is 0 Å². The molecular formula is C23H24O3. The molecule has 134 valence electrons. The lowest BCUT2D eigenvalue weighted by atomic mass is 9.93. The molecule has 2 aromatic carbocycles. The van der Waals surface area contributed by atoms with Crippen LogP contribution in [0.3, 0.4) is 0 Å². The van der Waals surface area contributed by atoms with Crippen LogP contribution < -0.4 is 4.74 Å². The number of esters is 1. The molecule has 0 saturated heterocycles. The highest BCUT2D eigenvalue weighted by atomic mass is 16.5. The van der Waals surface area contributed by atoms with Gasteiger partial charge in [0, 0.05) is 5.92 Å². The van der Waals surface area contributed by atoms with Gasteiger partial charge in [0.25, 0.3) is 0 Å². The van der Waals surface area contributed by atoms with Crippen molar-refractivity contribution in [3.05, 3.63) is 96.1 Å². The van der Waals surface area contributed by atoms with Gasteiger partial charge in [0.1, 0.15) is 11.5 Å². The van der Waals surface area contributed by atoms with Gasteiger partial charge in [0.15, 0.2) is 0 Å². The van der Waals surface area contributed by atoms with Gasteiger partial charge in [-0.15, -0.1) is 0 Å². The molecule has 0 aliphatic heterocycles. The van der Waals surface area contributed by atoms with E-state index < -0.39 is 0 Å². The van der Waals surface area contributed by atoms with Gasteiger partial charge in [-0.2, -0.15) is 0 Å². The molecule has 0 heterocycles. The predicted molar refractivity (Wildman–Crippen MR) is 105 cm³/mol. The number of allylic oxidation sites excluding steroid dienone is 4. The van der Waals surface area contributed by atoms with Crippen molar-refractivity contribution in [1.82, 2.24) is 0 Å². The molecule has 0 saturated carbocycles. The Morgan fingerprint density at radius 1 is 1.12 bits per heavy atom. The zero-order chi connectivity index (χ0) is 18.9. The van der Waals surface area contributed by atoms with Gasteiger partial charge in [-0.05, 0) is 42.3 Å². The summed E-state index contributed by atoms with van der Waals surface area (Å²) in [5.74, 6) is 0.672. The Labute approximate surface area is 155 Å². The molecule has 0 fully saturated rings. The molecule has 0 aromatic heterocycles. The quantitative estimate of drug-likeness (QED) is 0.407. The lowest BCUT2D eigenvalue weighted by Gasteiger charge is -2.13. The van der Waals surface area contributed by atoms with Gasteiger partial charge in [0.2, 0.25) is 0 Å². The molecule has 2 aromatic rings. The number of phenolic OH excluding ortho intramolecular Hbond substituents is 1. The molecule has 0 bridgehead atoms. The van der Waals surface area contributed by atoms with Crippen LogP contribution in [0.4, 0.5) is 0 Å². The standard InChI is InChI=1S/C23H24O3/c1-4-6-17(2)7-5-8-23(25)26-22-15-11-20(12-16-22)18(3)19-9-13-21(24)14-10-19/h4-7,9-16,18,24H,1,8H2,2-3H3/b7-5-,17-6-. The molecule has 1 N–H and O–H groups in total. The van der Waals surface area contributed by atoms with Gasteiger partial charge in [0.05, 0.1) is 6.42 Å². The SMILES string of the molecule is C=C/C=C(C)\C=C/CC(=O)Oc1ccc(C(C)c2ccc(O)cc2)cc1. The first kappa shape index (κ1) is 19.3. The largest absolute Gasteiger partial charge is 0.508 e. The first-order valence-corrected chi connectivity index (χ1v) is 8.55. The third-order valence-electron chi connectivity index (χ3n) is 4.05. The summed E-state index contributed by atoms with van der Waals surface area (Å²) >= 11 is 0. The number of rotatable bonds is 7. The molecule has 0 aliphatic rings. The fourth-order valence-corrected chi connectivity index (χ4v) is 2.54. The number of phenols is 1. The van der Waals surface area contributed by atoms with Crippen molar-refractivity contribution in [3.8, 4) is 11.5 Å². The van der Waals surface area contributed by atoms with Crippen molar-refractivity contribution < 1.29 is 14.6 Å². The Kier molecular flexibility index (Phi) is 6.98. The molecular weight excluding hydrogens is 324 g/mol. The van der Waals surface area contributed by atoms with E-state index in [0.29, 0.717) is 5.75 Å². The zero-order valence-corrected chi connectivity index (χ0v) is 15.2. The lowest BCUT2D eigenvalue weighted by molar-refractivity contribution is -0.133. The number of carbonyl (C=O) groups excluding carboxylic acids is 1. The molecule has 0 radical (unpaired) electrons. The average Bonchev–Trinajstić information content (AvgIpc) is 2.62. The predicted octanol–water partition coefficient (Wildman–Crippen LogP) is 5.53. The minimum Gasteiger partial charge on any atom is -0.508 e. The van der Waals surface area contributed by atoms with Crippen LogP contribution in [0.2, 0.25) is 0 Å². The molecule has 1 unspecified atom stereocenters. The maximum atomic E-state index is 11.9. The van der Waals surface area contributed by atoms with Crippen molar-refractivity contribution in [1.29, 1.82) is 0 Å². The highest BCUT2D eigenvalue weighted by molar-refractivity contribution is 5.74. The average molecular weight is 348 g/mol. The number of hydrogen-bond acceptors (Lipinski definition) is 3. The Hall–Kier alpha value is -3.07. The molecule has 0 aliphatic carbocycles. The minimum absolute atomic E-state index is 0.183. The second-order valence-corrected chi connectivity index (χ2v) is 6.11. The smallest absolute Gasteiger partial charge is 0.315 e. The monoisotopic (exact) mass is 348 g/mol. The van der Waals surface area contributed by atoms with E-state index in [1.54, 1.807) is 36.4 Å². The van der Waals surface area contributed by atoms with Crippen molar-refractivity contribution in [2.24, 2.45) is 0 Å². The Balaban J connectivity index is 1.94. The number of ether oxygens (including phenoxy) is 1. The van der Waals surface area contributed by atoms with Gasteiger partial charge in [-0.1, -0.05) is 67.6 Å². The topological polar surface area (TPSA) is 46.5 Å². The Morgan fingerprint density at radius 3 is 2.27 bits per heavy atom. The van der Waals surface area contributed by atoms with E-state index >= 15 is 0 Å². The van der Waals surface area contributed by atoms with Crippen molar-refractivity contribution in [2.45, 2.75) is 26.2 Å². The normalized spacial score (nSPS) is 12.8. The van der Waals surface area contributed by atoms with Crippen LogP contribution in [-0.2, 0) is 4.79 Å². The Morgan fingerprint density at radius 2 is 1.69 bits per heavy atom. The van der Waals surface area contributed by atoms with E-state index in [1.165, 1.54) is 0 Å². The third kappa shape index (κ3) is 5.78. The fraction of sp³-hybridized carbons (Fsp3) is 0.174. The molecule has 1 atom stereocenters. The zero-order valence-electron chi connectivity index (χ0n) is 15.2. The third-order valence-corrected chi connectivity index (χ3v) is 4.05. The summed E-state index contributed by atoms with van der Waals surface area (Å²) in [6.45, 7) is 7.67. The second-order valence-electron chi connectivity index (χ2n) is 6.11. The van der Waals surface area contributed by atoms with Gasteiger partial charge in [-0.25, -0.2) is 0 Å². The Bertz CT molecular complexity index is 796. The molecule has 26 heavy (non-hydrogen) atoms. The summed E-state index contributed by atoms with van der Waals surface area (Å²) < 4.78 is 5.35. The van der Waals surface area contributed by atoms with Crippen LogP contribution in [-0.4, -0.2) is 11.1 Å². The van der Waals surface area contributed by atoms with Gasteiger partial charge < -0.3 is 9.84 Å². The molecule has 3 nitrogen and oxygen atoms in total. The summed E-state index contributed by atoms with van der Waals surface area (Å²) in [5, 5.41) is 9.39. The van der Waals surface area contributed by atoms with E-state index in [1.807, 2.05) is 43.3 Å². The summed E-state index contributed by atoms with van der Waals surface area (Å²) in [5.41, 5.74) is 3.25. The van der Waals surface area contributed by atoms with Gasteiger partial charge in [-0.3, -0.25) is 4.79 Å². The summed E-state index contributed by atoms with van der Waals surface area (Å²) in [6.07, 6.45) is 7.44. The van der Waals surface area contributed by atoms with E-state index in [2.05, 4.69) is 13.5 Å². The highest BCUT2D eigenvalue weighted by Gasteiger charge is 2.09. The van der Waals surface area contributed by atoms with E-state index in [-0.39, 0.29) is 24.1 Å². The highest BCUT2D eigenvalue weighted by Crippen LogP contribution is 2.27. The fourth-order valence-electron chi connectivity index (χ4n) is 2.54. The first-order chi connectivity index (χ1) is 12.5. The van der Waals surface area contributed by atoms with Crippen LogP contribution in [0.1, 0.15) is 37.3 Å². The second kappa shape index (κ2) is 9.42. The van der Waals surface area contributed by atoms with Crippen molar-refractivity contribution >= 4 is 5.97 Å². The summed E-state index contributed by atoms with van der Waals surface area (Å²) in [6, 6.07) is 14.7. The van der Waals surface area contributed by atoms with Gasteiger partial charge >= 0.3 is 5.97 Å².